The number of ether oxygens (including phenoxy) is 1. The van der Waals surface area contributed by atoms with E-state index in [0.717, 1.165) is 9.87 Å². The van der Waals surface area contributed by atoms with Crippen LogP contribution in [0.25, 0.3) is 0 Å². The second kappa shape index (κ2) is 10.1. The molecule has 1 N–H and O–H groups in total. The van der Waals surface area contributed by atoms with Gasteiger partial charge in [-0.3, -0.25) is 9.10 Å². The quantitative estimate of drug-likeness (QED) is 0.487. The highest BCUT2D eigenvalue weighted by Crippen LogP contribution is 2.29. The minimum atomic E-state index is -4.11. The Labute approximate surface area is 194 Å². The van der Waals surface area contributed by atoms with Gasteiger partial charge in [0.05, 0.1) is 12.3 Å². The van der Waals surface area contributed by atoms with Crippen LogP contribution in [0.3, 0.4) is 0 Å². The Hall–Kier alpha value is -3.33. The molecule has 9 heteroatoms. The van der Waals surface area contributed by atoms with Crippen molar-refractivity contribution in [3.8, 4) is 5.75 Å². The number of aryl methyl sites for hydroxylation is 2. The zero-order valence-corrected chi connectivity index (χ0v) is 20.3. The van der Waals surface area contributed by atoms with Gasteiger partial charge in [0.2, 0.25) is 5.91 Å². The summed E-state index contributed by atoms with van der Waals surface area (Å²) in [6.45, 7) is 9.21. The van der Waals surface area contributed by atoms with Gasteiger partial charge >= 0.3 is 0 Å². The molecule has 1 amide bonds. The fraction of sp³-hybridized carbons (Fsp3) is 0.333. The molecule has 0 unspecified atom stereocenters. The van der Waals surface area contributed by atoms with E-state index >= 15 is 0 Å². The number of benzene rings is 2. The summed E-state index contributed by atoms with van der Waals surface area (Å²) in [5.41, 5.74) is 2.21. The Balaban J connectivity index is 1.92. The molecular formula is C24H29N3O5S. The van der Waals surface area contributed by atoms with Crippen molar-refractivity contribution < 1.29 is 22.5 Å². The van der Waals surface area contributed by atoms with E-state index in [-0.39, 0.29) is 22.3 Å². The number of aromatic nitrogens is 1. The van der Waals surface area contributed by atoms with Gasteiger partial charge in [-0.05, 0) is 68.7 Å². The fourth-order valence-corrected chi connectivity index (χ4v) is 5.14. The van der Waals surface area contributed by atoms with Crippen LogP contribution in [0.2, 0.25) is 0 Å². The Morgan fingerprint density at radius 2 is 1.73 bits per heavy atom. The number of sulfonamides is 1. The number of rotatable bonds is 9. The Morgan fingerprint density at radius 1 is 1.09 bits per heavy atom. The second-order valence-corrected chi connectivity index (χ2v) is 9.72. The number of nitrogens with one attached hydrogen (secondary N) is 1. The molecule has 0 saturated carbocycles. The molecule has 8 nitrogen and oxygen atoms in total. The van der Waals surface area contributed by atoms with Gasteiger partial charge in [-0.1, -0.05) is 31.1 Å². The molecule has 2 aromatic carbocycles. The van der Waals surface area contributed by atoms with E-state index in [1.165, 1.54) is 6.92 Å². The van der Waals surface area contributed by atoms with Gasteiger partial charge in [0.25, 0.3) is 10.0 Å². The van der Waals surface area contributed by atoms with Crippen molar-refractivity contribution in [3.05, 3.63) is 65.5 Å². The lowest BCUT2D eigenvalue weighted by atomic mass is 10.0. The summed E-state index contributed by atoms with van der Waals surface area (Å²) in [6, 6.07) is 14.0. The summed E-state index contributed by atoms with van der Waals surface area (Å²) < 4.78 is 38.7. The number of anilines is 2. The zero-order chi connectivity index (χ0) is 24.2. The number of nitrogens with zero attached hydrogens (tertiary/aromatic N) is 2. The van der Waals surface area contributed by atoms with E-state index in [2.05, 4.69) is 24.3 Å². The van der Waals surface area contributed by atoms with Crippen LogP contribution >= 0.6 is 0 Å². The van der Waals surface area contributed by atoms with Gasteiger partial charge in [0, 0.05) is 5.69 Å². The first-order valence-corrected chi connectivity index (χ1v) is 12.2. The van der Waals surface area contributed by atoms with E-state index in [0.29, 0.717) is 23.7 Å². The number of hydrogen-bond donors (Lipinski definition) is 1. The fourth-order valence-electron chi connectivity index (χ4n) is 3.43. The molecule has 0 spiro atoms. The molecular weight excluding hydrogens is 442 g/mol. The summed E-state index contributed by atoms with van der Waals surface area (Å²) in [6.07, 6.45) is 0. The van der Waals surface area contributed by atoms with Crippen molar-refractivity contribution in [2.24, 2.45) is 0 Å². The highest BCUT2D eigenvalue weighted by molar-refractivity contribution is 7.93. The molecule has 3 aromatic rings. The van der Waals surface area contributed by atoms with Crippen LogP contribution in [0.1, 0.15) is 43.7 Å². The number of carbonyl (C=O) groups excluding carboxylic acids is 1. The van der Waals surface area contributed by atoms with Crippen LogP contribution in [-0.2, 0) is 14.8 Å². The van der Waals surface area contributed by atoms with Crippen LogP contribution in [0.5, 0.6) is 5.75 Å². The first-order chi connectivity index (χ1) is 15.6. The van der Waals surface area contributed by atoms with E-state index < -0.39 is 22.5 Å². The third kappa shape index (κ3) is 5.54. The van der Waals surface area contributed by atoms with Crippen LogP contribution < -0.4 is 14.4 Å². The number of carbonyl (C=O) groups is 1. The zero-order valence-electron chi connectivity index (χ0n) is 19.5. The van der Waals surface area contributed by atoms with Crippen molar-refractivity contribution in [3.63, 3.8) is 0 Å². The van der Waals surface area contributed by atoms with Crippen LogP contribution in [0, 0.1) is 13.8 Å². The van der Waals surface area contributed by atoms with Gasteiger partial charge < -0.3 is 14.6 Å². The van der Waals surface area contributed by atoms with E-state index in [1.54, 1.807) is 43.3 Å². The van der Waals surface area contributed by atoms with Crippen LogP contribution in [0.15, 0.2) is 57.9 Å². The summed E-state index contributed by atoms with van der Waals surface area (Å²) in [5, 5.41) is 6.52. The molecule has 33 heavy (non-hydrogen) atoms. The predicted octanol–water partition coefficient (Wildman–Crippen LogP) is 4.65. The molecule has 0 radical (unpaired) electrons. The summed E-state index contributed by atoms with van der Waals surface area (Å²) in [4.78, 5) is 12.8. The van der Waals surface area contributed by atoms with Crippen molar-refractivity contribution in [1.82, 2.24) is 5.16 Å². The smallest absolute Gasteiger partial charge is 0.270 e. The van der Waals surface area contributed by atoms with Crippen molar-refractivity contribution in [2.45, 2.75) is 45.4 Å². The van der Waals surface area contributed by atoms with E-state index in [1.807, 2.05) is 19.1 Å². The minimum absolute atomic E-state index is 0.0377. The average Bonchev–Trinajstić information content (AvgIpc) is 3.12. The molecule has 3 rings (SSSR count). The summed E-state index contributed by atoms with van der Waals surface area (Å²) in [7, 11) is -4.11. The van der Waals surface area contributed by atoms with Crippen molar-refractivity contribution in [2.75, 3.05) is 22.8 Å². The SMILES string of the molecule is CCOc1ccc(NC(=O)CN(c2ccc(C(C)C)cc2)S(=O)(=O)c2c(C)noc2C)cc1. The van der Waals surface area contributed by atoms with Gasteiger partial charge in [-0.25, -0.2) is 8.42 Å². The van der Waals surface area contributed by atoms with Gasteiger partial charge in [0.15, 0.2) is 10.7 Å². The molecule has 0 aliphatic rings. The lowest BCUT2D eigenvalue weighted by molar-refractivity contribution is -0.114. The molecule has 1 aromatic heterocycles. The number of hydrogen-bond acceptors (Lipinski definition) is 6. The standard InChI is InChI=1S/C24H29N3O5S/c1-6-31-22-13-9-20(10-14-22)25-23(28)15-27(21-11-7-19(8-12-21)16(2)3)33(29,30)24-17(4)26-32-18(24)5/h7-14,16H,6,15H2,1-5H3,(H,25,28). The maximum Gasteiger partial charge on any atom is 0.270 e. The first kappa shape index (κ1) is 24.3. The number of amides is 1. The predicted molar refractivity (Wildman–Crippen MR) is 127 cm³/mol. The first-order valence-electron chi connectivity index (χ1n) is 10.7. The lowest BCUT2D eigenvalue weighted by Crippen LogP contribution is -2.38. The topological polar surface area (TPSA) is 102 Å². The van der Waals surface area contributed by atoms with Gasteiger partial charge in [0.1, 0.15) is 18.0 Å². The third-order valence-corrected chi connectivity index (χ3v) is 7.12. The van der Waals surface area contributed by atoms with Crippen LogP contribution in [-0.4, -0.2) is 32.6 Å². The van der Waals surface area contributed by atoms with Crippen molar-refractivity contribution >= 4 is 27.3 Å². The monoisotopic (exact) mass is 471 g/mol. The Kier molecular flexibility index (Phi) is 7.43. The largest absolute Gasteiger partial charge is 0.494 e. The molecule has 0 atom stereocenters. The van der Waals surface area contributed by atoms with Gasteiger partial charge in [-0.2, -0.15) is 0 Å². The minimum Gasteiger partial charge on any atom is -0.494 e. The highest BCUT2D eigenvalue weighted by atomic mass is 32.2. The molecule has 0 aliphatic heterocycles. The van der Waals surface area contributed by atoms with E-state index in [4.69, 9.17) is 9.26 Å². The molecule has 176 valence electrons. The molecule has 0 fully saturated rings. The molecule has 0 bridgehead atoms. The molecule has 1 heterocycles. The summed E-state index contributed by atoms with van der Waals surface area (Å²) in [5.74, 6) is 0.656. The third-order valence-electron chi connectivity index (χ3n) is 5.10. The normalized spacial score (nSPS) is 11.5. The van der Waals surface area contributed by atoms with Crippen molar-refractivity contribution in [1.29, 1.82) is 0 Å². The molecule has 0 aliphatic carbocycles. The lowest BCUT2D eigenvalue weighted by Gasteiger charge is -2.24. The maximum absolute atomic E-state index is 13.6. The Bertz CT molecular complexity index is 1180. The highest BCUT2D eigenvalue weighted by Gasteiger charge is 2.33. The van der Waals surface area contributed by atoms with Gasteiger partial charge in [-0.15, -0.1) is 0 Å². The average molecular weight is 472 g/mol. The Morgan fingerprint density at radius 3 is 2.24 bits per heavy atom. The second-order valence-electron chi connectivity index (χ2n) is 7.92. The van der Waals surface area contributed by atoms with E-state index in [9.17, 15) is 13.2 Å². The maximum atomic E-state index is 13.6. The van der Waals surface area contributed by atoms with Crippen LogP contribution in [0.4, 0.5) is 11.4 Å². The summed E-state index contributed by atoms with van der Waals surface area (Å²) >= 11 is 0. The molecule has 0 saturated heterocycles.